The number of rotatable bonds is 7. The molecule has 0 heterocycles. The number of ketones is 1. The summed E-state index contributed by atoms with van der Waals surface area (Å²) in [6.07, 6.45) is 0.226. The third-order valence-corrected chi connectivity index (χ3v) is 4.72. The molecule has 1 atom stereocenters. The number of nitrogens with one attached hydrogen (secondary N) is 1. The van der Waals surface area contributed by atoms with Crippen molar-refractivity contribution >= 4 is 17.4 Å². The SMILES string of the molecule is COc1cc(NC(=O)COc2ccc(F)c3c2C(=O)CC3C)cc(OC)c1OC. The number of halogens is 1. The smallest absolute Gasteiger partial charge is 0.262 e. The highest BCUT2D eigenvalue weighted by Crippen LogP contribution is 2.41. The quantitative estimate of drug-likeness (QED) is 0.761. The number of benzene rings is 2. The van der Waals surface area contributed by atoms with Crippen molar-refractivity contribution in [3.63, 3.8) is 0 Å². The lowest BCUT2D eigenvalue weighted by Crippen LogP contribution is -2.21. The normalized spacial score (nSPS) is 14.9. The summed E-state index contributed by atoms with van der Waals surface area (Å²) < 4.78 is 35.3. The Morgan fingerprint density at radius 1 is 1.10 bits per heavy atom. The largest absolute Gasteiger partial charge is 0.493 e. The maximum atomic E-state index is 14.1. The van der Waals surface area contributed by atoms with Gasteiger partial charge in [0.05, 0.1) is 26.9 Å². The molecule has 0 saturated carbocycles. The zero-order valence-electron chi connectivity index (χ0n) is 16.6. The van der Waals surface area contributed by atoms with Crippen LogP contribution in [-0.2, 0) is 4.79 Å². The van der Waals surface area contributed by atoms with Gasteiger partial charge in [-0.05, 0) is 18.1 Å². The summed E-state index contributed by atoms with van der Waals surface area (Å²) in [6, 6.07) is 5.79. The third-order valence-electron chi connectivity index (χ3n) is 4.72. The van der Waals surface area contributed by atoms with Crippen molar-refractivity contribution < 1.29 is 32.9 Å². The van der Waals surface area contributed by atoms with Crippen molar-refractivity contribution in [1.82, 2.24) is 0 Å². The zero-order valence-corrected chi connectivity index (χ0v) is 16.6. The second-order valence-corrected chi connectivity index (χ2v) is 6.61. The van der Waals surface area contributed by atoms with Crippen molar-refractivity contribution in [2.45, 2.75) is 19.3 Å². The Kier molecular flexibility index (Phi) is 5.91. The van der Waals surface area contributed by atoms with Gasteiger partial charge < -0.3 is 24.3 Å². The lowest BCUT2D eigenvalue weighted by Gasteiger charge is -2.15. The Bertz CT molecular complexity index is 933. The van der Waals surface area contributed by atoms with Crippen LogP contribution in [0.2, 0.25) is 0 Å². The van der Waals surface area contributed by atoms with E-state index in [4.69, 9.17) is 18.9 Å². The lowest BCUT2D eigenvalue weighted by molar-refractivity contribution is -0.118. The molecule has 0 fully saturated rings. The molecule has 1 aliphatic rings. The van der Waals surface area contributed by atoms with Crippen LogP contribution in [0.4, 0.5) is 10.1 Å². The highest BCUT2D eigenvalue weighted by Gasteiger charge is 2.32. The predicted octanol–water partition coefficient (Wildman–Crippen LogP) is 3.56. The Balaban J connectivity index is 1.74. The summed E-state index contributed by atoms with van der Waals surface area (Å²) in [6.45, 7) is 1.43. The topological polar surface area (TPSA) is 83.1 Å². The first-order chi connectivity index (χ1) is 13.9. The fourth-order valence-corrected chi connectivity index (χ4v) is 3.44. The average molecular weight is 403 g/mol. The first-order valence-corrected chi connectivity index (χ1v) is 8.97. The second-order valence-electron chi connectivity index (χ2n) is 6.61. The maximum absolute atomic E-state index is 14.1. The van der Waals surface area contributed by atoms with E-state index in [1.165, 1.54) is 33.5 Å². The van der Waals surface area contributed by atoms with Gasteiger partial charge in [-0.3, -0.25) is 9.59 Å². The lowest BCUT2D eigenvalue weighted by atomic mass is 10.0. The zero-order chi connectivity index (χ0) is 21.1. The molecule has 1 aliphatic carbocycles. The summed E-state index contributed by atoms with van der Waals surface area (Å²) in [5.74, 6) is 0.0807. The molecule has 0 aliphatic heterocycles. The van der Waals surface area contributed by atoms with Crippen molar-refractivity contribution in [3.05, 3.63) is 41.2 Å². The standard InChI is InChI=1S/C21H22FNO6/c1-11-7-14(24)20-15(6-5-13(22)19(11)20)29-10-18(25)23-12-8-16(26-2)21(28-4)17(9-12)27-3/h5-6,8-9,11H,7,10H2,1-4H3,(H,23,25). The minimum Gasteiger partial charge on any atom is -0.493 e. The molecule has 29 heavy (non-hydrogen) atoms. The van der Waals surface area contributed by atoms with Gasteiger partial charge in [0.25, 0.3) is 5.91 Å². The Labute approximate surface area is 167 Å². The Morgan fingerprint density at radius 2 is 1.76 bits per heavy atom. The molecule has 1 unspecified atom stereocenters. The van der Waals surface area contributed by atoms with Gasteiger partial charge in [-0.25, -0.2) is 4.39 Å². The first kappa shape index (κ1) is 20.4. The molecule has 1 amide bonds. The molecule has 3 rings (SSSR count). The minimum atomic E-state index is -0.462. The summed E-state index contributed by atoms with van der Waals surface area (Å²) >= 11 is 0. The summed E-state index contributed by atoms with van der Waals surface area (Å²) in [7, 11) is 4.42. The third kappa shape index (κ3) is 3.96. The average Bonchev–Trinajstić information content (AvgIpc) is 3.01. The van der Waals surface area contributed by atoms with E-state index in [0.717, 1.165) is 0 Å². The molecule has 7 nitrogen and oxygen atoms in total. The molecule has 2 aromatic carbocycles. The molecular weight excluding hydrogens is 381 g/mol. The molecule has 0 radical (unpaired) electrons. The van der Waals surface area contributed by atoms with Gasteiger partial charge in [-0.15, -0.1) is 0 Å². The van der Waals surface area contributed by atoms with Crippen LogP contribution in [0.3, 0.4) is 0 Å². The number of fused-ring (bicyclic) bond motifs is 1. The van der Waals surface area contributed by atoms with E-state index in [0.29, 0.717) is 28.5 Å². The number of hydrogen-bond acceptors (Lipinski definition) is 6. The minimum absolute atomic E-state index is 0.188. The van der Waals surface area contributed by atoms with E-state index in [2.05, 4.69) is 5.32 Å². The predicted molar refractivity (Wildman–Crippen MR) is 104 cm³/mol. The van der Waals surface area contributed by atoms with Crippen LogP contribution in [0, 0.1) is 5.82 Å². The van der Waals surface area contributed by atoms with Crippen LogP contribution in [0.25, 0.3) is 0 Å². The molecule has 0 saturated heterocycles. The van der Waals surface area contributed by atoms with Crippen LogP contribution in [0.15, 0.2) is 24.3 Å². The highest BCUT2D eigenvalue weighted by molar-refractivity contribution is 6.04. The summed E-state index contributed by atoms with van der Waals surface area (Å²) in [4.78, 5) is 24.5. The number of carbonyl (C=O) groups is 2. The Hall–Kier alpha value is -3.29. The molecule has 8 heteroatoms. The van der Waals surface area contributed by atoms with E-state index in [1.54, 1.807) is 19.1 Å². The fraction of sp³-hybridized carbons (Fsp3) is 0.333. The number of ether oxygens (including phenoxy) is 4. The van der Waals surface area contributed by atoms with Crippen LogP contribution in [0.5, 0.6) is 23.0 Å². The van der Waals surface area contributed by atoms with Gasteiger partial charge >= 0.3 is 0 Å². The van der Waals surface area contributed by atoms with Gasteiger partial charge in [-0.2, -0.15) is 0 Å². The molecule has 154 valence electrons. The summed E-state index contributed by atoms with van der Waals surface area (Å²) in [5.41, 5.74) is 0.984. The number of anilines is 1. The van der Waals surface area contributed by atoms with Gasteiger partial charge in [-0.1, -0.05) is 6.92 Å². The van der Waals surface area contributed by atoms with Crippen molar-refractivity contribution in [1.29, 1.82) is 0 Å². The Morgan fingerprint density at radius 3 is 2.34 bits per heavy atom. The molecule has 2 aromatic rings. The molecule has 0 spiro atoms. The molecule has 1 N–H and O–H groups in total. The van der Waals surface area contributed by atoms with E-state index >= 15 is 0 Å². The van der Waals surface area contributed by atoms with E-state index in [-0.39, 0.29) is 36.0 Å². The first-order valence-electron chi connectivity index (χ1n) is 8.97. The van der Waals surface area contributed by atoms with Crippen LogP contribution in [0.1, 0.15) is 35.2 Å². The van der Waals surface area contributed by atoms with Gasteiger partial charge in [0, 0.05) is 29.8 Å². The van der Waals surface area contributed by atoms with Crippen LogP contribution in [-0.4, -0.2) is 39.6 Å². The number of carbonyl (C=O) groups excluding carboxylic acids is 2. The number of Topliss-reactive ketones (excluding diaryl/α,β-unsaturated/α-hetero) is 1. The van der Waals surface area contributed by atoms with Crippen molar-refractivity contribution in [3.8, 4) is 23.0 Å². The monoisotopic (exact) mass is 403 g/mol. The van der Waals surface area contributed by atoms with E-state index < -0.39 is 11.7 Å². The van der Waals surface area contributed by atoms with Gasteiger partial charge in [0.15, 0.2) is 23.9 Å². The van der Waals surface area contributed by atoms with Gasteiger partial charge in [0.2, 0.25) is 5.75 Å². The van der Waals surface area contributed by atoms with Crippen molar-refractivity contribution in [2.75, 3.05) is 33.3 Å². The highest BCUT2D eigenvalue weighted by atomic mass is 19.1. The van der Waals surface area contributed by atoms with Crippen molar-refractivity contribution in [2.24, 2.45) is 0 Å². The van der Waals surface area contributed by atoms with Crippen LogP contribution < -0.4 is 24.3 Å². The molecule has 0 bridgehead atoms. The fourth-order valence-electron chi connectivity index (χ4n) is 3.44. The van der Waals surface area contributed by atoms with E-state index in [1.807, 2.05) is 0 Å². The number of hydrogen-bond donors (Lipinski definition) is 1. The maximum Gasteiger partial charge on any atom is 0.262 e. The van der Waals surface area contributed by atoms with E-state index in [9.17, 15) is 14.0 Å². The van der Waals surface area contributed by atoms with Gasteiger partial charge in [0.1, 0.15) is 11.6 Å². The number of methoxy groups -OCH3 is 3. The second kappa shape index (κ2) is 8.38. The van der Waals surface area contributed by atoms with Crippen LogP contribution >= 0.6 is 0 Å². The number of amides is 1. The summed E-state index contributed by atoms with van der Waals surface area (Å²) in [5, 5.41) is 2.67. The molecular formula is C21H22FNO6. The molecule has 0 aromatic heterocycles.